The molecule has 0 bridgehead atoms. The number of hydrogen-bond donors (Lipinski definition) is 0. The van der Waals surface area contributed by atoms with Crippen LogP contribution in [0.15, 0.2) is 54.6 Å². The van der Waals surface area contributed by atoms with Gasteiger partial charge in [0, 0.05) is 11.7 Å². The van der Waals surface area contributed by atoms with Crippen molar-refractivity contribution in [3.8, 4) is 0 Å². The molecule has 0 saturated carbocycles. The van der Waals surface area contributed by atoms with Gasteiger partial charge in [0.1, 0.15) is 5.52 Å². The molecule has 0 unspecified atom stereocenters. The molecule has 0 fully saturated rings. The second kappa shape index (κ2) is 7.97. The molecule has 0 saturated heterocycles. The van der Waals surface area contributed by atoms with Crippen LogP contribution in [0, 0.1) is 6.92 Å². The number of halogens is 1. The summed E-state index contributed by atoms with van der Waals surface area (Å²) in [6, 6.07) is 17.6. The average Bonchev–Trinajstić information content (AvgIpc) is 3.31. The highest BCUT2D eigenvalue weighted by Crippen LogP contribution is 2.34. The van der Waals surface area contributed by atoms with Crippen LogP contribution in [0.2, 0.25) is 5.02 Å². The molecule has 2 aromatic carbocycles. The van der Waals surface area contributed by atoms with Gasteiger partial charge in [0.2, 0.25) is 0 Å². The third-order valence-corrected chi connectivity index (χ3v) is 6.00. The summed E-state index contributed by atoms with van der Waals surface area (Å²) >= 11 is 7.77. The maximum atomic E-state index is 13.5. The topological polar surface area (TPSA) is 51.0 Å². The van der Waals surface area contributed by atoms with Gasteiger partial charge in [-0.25, -0.2) is 4.98 Å². The van der Waals surface area contributed by atoms with Gasteiger partial charge in [-0.05, 0) is 44.5 Å². The number of fused-ring (bicyclic) bond motifs is 1. The number of hydrogen-bond acceptors (Lipinski definition) is 4. The minimum atomic E-state index is -0.175. The second-order valence-electron chi connectivity index (χ2n) is 7.17. The number of rotatable bonds is 5. The van der Waals surface area contributed by atoms with E-state index < -0.39 is 0 Å². The molecule has 0 aliphatic heterocycles. The normalized spacial score (nSPS) is 11.3. The lowest BCUT2D eigenvalue weighted by molar-refractivity contribution is 0.0979. The molecule has 4 aromatic rings. The van der Waals surface area contributed by atoms with Gasteiger partial charge in [-0.1, -0.05) is 59.3 Å². The van der Waals surface area contributed by atoms with Crippen molar-refractivity contribution in [2.45, 2.75) is 33.4 Å². The third-order valence-electron chi connectivity index (χ3n) is 4.65. The van der Waals surface area contributed by atoms with Crippen molar-refractivity contribution in [2.24, 2.45) is 0 Å². The van der Waals surface area contributed by atoms with Gasteiger partial charge in [0.05, 0.1) is 16.3 Å². The molecule has 0 aliphatic carbocycles. The lowest BCUT2D eigenvalue weighted by Gasteiger charge is -2.19. The van der Waals surface area contributed by atoms with Crippen LogP contribution < -0.4 is 4.90 Å². The van der Waals surface area contributed by atoms with Gasteiger partial charge >= 0.3 is 0 Å². The number of para-hydroxylation sites is 1. The lowest BCUT2D eigenvalue weighted by Crippen LogP contribution is -2.30. The van der Waals surface area contributed by atoms with E-state index in [0.717, 1.165) is 16.0 Å². The Bertz CT molecular complexity index is 1170. The number of anilines is 1. The molecule has 2 aromatic heterocycles. The van der Waals surface area contributed by atoms with E-state index in [1.807, 2.05) is 80.1 Å². The summed E-state index contributed by atoms with van der Waals surface area (Å²) in [5.41, 5.74) is 3.10. The molecule has 0 N–H and O–H groups in total. The molecule has 0 atom stereocenters. The van der Waals surface area contributed by atoms with Crippen LogP contribution in [-0.4, -0.2) is 20.7 Å². The average molecular weight is 425 g/mol. The van der Waals surface area contributed by atoms with Gasteiger partial charge < -0.3 is 0 Å². The Morgan fingerprint density at radius 1 is 1.17 bits per heavy atom. The van der Waals surface area contributed by atoms with E-state index in [9.17, 15) is 4.79 Å². The van der Waals surface area contributed by atoms with Crippen molar-refractivity contribution in [3.63, 3.8) is 0 Å². The van der Waals surface area contributed by atoms with Gasteiger partial charge in [-0.15, -0.1) is 0 Å². The standard InChI is InChI=1S/C22H21ClN4OS/c1-14(2)27-15(3)12-18(25-27)21(28)26(13-16-8-5-4-6-9-16)22-24-20-17(23)10-7-11-19(20)29-22/h4-12,14H,13H2,1-3H3. The van der Waals surface area contributed by atoms with Crippen LogP contribution in [0.25, 0.3) is 10.2 Å². The minimum Gasteiger partial charge on any atom is -0.278 e. The molecule has 0 spiro atoms. The van der Waals surface area contributed by atoms with E-state index in [1.54, 1.807) is 4.90 Å². The molecule has 5 nitrogen and oxygen atoms in total. The molecule has 7 heteroatoms. The number of amides is 1. The first-order valence-corrected chi connectivity index (χ1v) is 10.6. The SMILES string of the molecule is Cc1cc(C(=O)N(Cc2ccccc2)c2nc3c(Cl)cccc3s2)nn1C(C)C. The Morgan fingerprint density at radius 3 is 2.59 bits per heavy atom. The summed E-state index contributed by atoms with van der Waals surface area (Å²) < 4.78 is 2.81. The van der Waals surface area contributed by atoms with Crippen LogP contribution in [0.5, 0.6) is 0 Å². The van der Waals surface area contributed by atoms with Gasteiger partial charge in [-0.2, -0.15) is 5.10 Å². The third kappa shape index (κ3) is 3.91. The monoisotopic (exact) mass is 424 g/mol. The number of benzene rings is 2. The second-order valence-corrected chi connectivity index (χ2v) is 8.59. The number of aryl methyl sites for hydroxylation is 1. The maximum absolute atomic E-state index is 13.5. The van der Waals surface area contributed by atoms with Gasteiger partial charge in [-0.3, -0.25) is 14.4 Å². The fourth-order valence-electron chi connectivity index (χ4n) is 3.26. The van der Waals surface area contributed by atoms with Crippen LogP contribution in [0.4, 0.5) is 5.13 Å². The van der Waals surface area contributed by atoms with E-state index in [4.69, 9.17) is 11.6 Å². The van der Waals surface area contributed by atoms with Crippen molar-refractivity contribution < 1.29 is 4.79 Å². The smallest absolute Gasteiger partial charge is 0.278 e. The first-order valence-electron chi connectivity index (χ1n) is 9.41. The molecular weight excluding hydrogens is 404 g/mol. The van der Waals surface area contributed by atoms with E-state index in [0.29, 0.717) is 27.9 Å². The van der Waals surface area contributed by atoms with Crippen molar-refractivity contribution in [1.82, 2.24) is 14.8 Å². The summed E-state index contributed by atoms with van der Waals surface area (Å²) in [5.74, 6) is -0.175. The van der Waals surface area contributed by atoms with E-state index in [1.165, 1.54) is 11.3 Å². The summed E-state index contributed by atoms with van der Waals surface area (Å²) in [6.07, 6.45) is 0. The quantitative estimate of drug-likeness (QED) is 0.401. The lowest BCUT2D eigenvalue weighted by atomic mass is 10.2. The van der Waals surface area contributed by atoms with Crippen LogP contribution in [-0.2, 0) is 6.54 Å². The highest BCUT2D eigenvalue weighted by molar-refractivity contribution is 7.22. The van der Waals surface area contributed by atoms with Crippen molar-refractivity contribution in [2.75, 3.05) is 4.90 Å². The molecular formula is C22H21ClN4OS. The summed E-state index contributed by atoms with van der Waals surface area (Å²) in [4.78, 5) is 19.8. The highest BCUT2D eigenvalue weighted by atomic mass is 35.5. The number of thiazole rings is 1. The highest BCUT2D eigenvalue weighted by Gasteiger charge is 2.25. The molecule has 0 radical (unpaired) electrons. The number of carbonyl (C=O) groups excluding carboxylic acids is 1. The van der Waals surface area contributed by atoms with Crippen molar-refractivity contribution >= 4 is 44.2 Å². The summed E-state index contributed by atoms with van der Waals surface area (Å²) in [7, 11) is 0. The zero-order valence-corrected chi connectivity index (χ0v) is 18.0. The molecule has 2 heterocycles. The first-order chi connectivity index (χ1) is 13.9. The Morgan fingerprint density at radius 2 is 1.93 bits per heavy atom. The van der Waals surface area contributed by atoms with Crippen molar-refractivity contribution in [3.05, 3.63) is 76.6 Å². The Labute approximate surface area is 178 Å². The van der Waals surface area contributed by atoms with E-state index in [-0.39, 0.29) is 11.9 Å². The predicted octanol–water partition coefficient (Wildman–Crippen LogP) is 5.88. The molecule has 4 rings (SSSR count). The Balaban J connectivity index is 1.78. The Kier molecular flexibility index (Phi) is 5.39. The molecule has 0 aliphatic rings. The zero-order chi connectivity index (χ0) is 20.5. The van der Waals surface area contributed by atoms with Crippen LogP contribution >= 0.6 is 22.9 Å². The van der Waals surface area contributed by atoms with E-state index >= 15 is 0 Å². The number of nitrogens with zero attached hydrogens (tertiary/aromatic N) is 4. The van der Waals surface area contributed by atoms with Crippen LogP contribution in [0.3, 0.4) is 0 Å². The first kappa shape index (κ1) is 19.6. The van der Waals surface area contributed by atoms with E-state index in [2.05, 4.69) is 10.1 Å². The van der Waals surface area contributed by atoms with Crippen LogP contribution in [0.1, 0.15) is 41.6 Å². The zero-order valence-electron chi connectivity index (χ0n) is 16.5. The fraction of sp³-hybridized carbons (Fsp3) is 0.227. The fourth-order valence-corrected chi connectivity index (χ4v) is 4.53. The maximum Gasteiger partial charge on any atom is 0.280 e. The predicted molar refractivity (Wildman–Crippen MR) is 119 cm³/mol. The summed E-state index contributed by atoms with van der Waals surface area (Å²) in [5, 5.41) is 5.74. The molecule has 29 heavy (non-hydrogen) atoms. The van der Waals surface area contributed by atoms with Gasteiger partial charge in [0.15, 0.2) is 10.8 Å². The number of aromatic nitrogens is 3. The minimum absolute atomic E-state index is 0.175. The summed E-state index contributed by atoms with van der Waals surface area (Å²) in [6.45, 7) is 6.46. The van der Waals surface area contributed by atoms with Crippen molar-refractivity contribution in [1.29, 1.82) is 0 Å². The number of carbonyl (C=O) groups is 1. The molecule has 1 amide bonds. The largest absolute Gasteiger partial charge is 0.280 e. The van der Waals surface area contributed by atoms with Gasteiger partial charge in [0.25, 0.3) is 5.91 Å². The Hall–Kier alpha value is -2.70. The molecule has 148 valence electrons.